The molecule has 4 rings (SSSR count). The highest BCUT2D eigenvalue weighted by molar-refractivity contribution is 9.39. The van der Waals surface area contributed by atoms with E-state index in [0.717, 1.165) is 12.2 Å². The zero-order chi connectivity index (χ0) is 14.2. The van der Waals surface area contributed by atoms with Crippen molar-refractivity contribution in [1.82, 2.24) is 0 Å². The monoisotopic (exact) mass is 356 g/mol. The Morgan fingerprint density at radius 2 is 1.86 bits per heavy atom. The Bertz CT molecular complexity index is 751. The fourth-order valence-electron chi connectivity index (χ4n) is 2.96. The highest BCUT2D eigenvalue weighted by atomic mass is 79.9. The quantitative estimate of drug-likeness (QED) is 0.597. The van der Waals surface area contributed by atoms with Crippen molar-refractivity contribution in [2.45, 2.75) is 12.3 Å². The van der Waals surface area contributed by atoms with Crippen LogP contribution in [0.15, 0.2) is 66.8 Å². The number of halogens is 1. The first-order chi connectivity index (χ1) is 10.3. The molecular formula is C18H14BrOP. The zero-order valence-corrected chi connectivity index (χ0v) is 13.8. The topological polar surface area (TPSA) is 9.23 Å². The average molecular weight is 357 g/mol. The van der Waals surface area contributed by atoms with Crippen LogP contribution in [0, 0.1) is 0 Å². The maximum atomic E-state index is 6.27. The van der Waals surface area contributed by atoms with E-state index in [9.17, 15) is 0 Å². The number of fused-ring (bicyclic) bond motifs is 3. The first-order valence-corrected chi connectivity index (χ1v) is 10.3. The molecule has 0 fully saturated rings. The maximum Gasteiger partial charge on any atom is 0.189 e. The largest absolute Gasteiger partial charge is 0.457 e. The molecule has 2 aliphatic rings. The van der Waals surface area contributed by atoms with Crippen molar-refractivity contribution in [3.63, 3.8) is 0 Å². The van der Waals surface area contributed by atoms with Gasteiger partial charge < -0.3 is 4.52 Å². The maximum absolute atomic E-state index is 6.27. The van der Waals surface area contributed by atoms with Crippen molar-refractivity contribution in [2.75, 3.05) is 0 Å². The minimum atomic E-state index is -0.761. The molecule has 0 amide bonds. The van der Waals surface area contributed by atoms with Crippen molar-refractivity contribution in [2.24, 2.45) is 0 Å². The van der Waals surface area contributed by atoms with E-state index in [1.807, 2.05) is 0 Å². The number of hydrogen-bond donors (Lipinski definition) is 0. The summed E-state index contributed by atoms with van der Waals surface area (Å²) in [5.74, 6) is 1.45. The van der Waals surface area contributed by atoms with Crippen LogP contribution in [0.1, 0.15) is 17.9 Å². The summed E-state index contributed by atoms with van der Waals surface area (Å²) >= 11 is 3.73. The molecule has 2 atom stereocenters. The van der Waals surface area contributed by atoms with E-state index in [1.54, 1.807) is 0 Å². The SMILES string of the molecule is BrP1Oc2c(cccc2C2C=CC=CC2)-c2ccccc21. The molecule has 1 aliphatic carbocycles. The molecule has 1 nitrogen and oxygen atoms in total. The third kappa shape index (κ3) is 2.27. The van der Waals surface area contributed by atoms with E-state index in [0.29, 0.717) is 5.92 Å². The van der Waals surface area contributed by atoms with Crippen LogP contribution in [0.25, 0.3) is 11.1 Å². The van der Waals surface area contributed by atoms with Gasteiger partial charge in [0.05, 0.1) is 0 Å². The lowest BCUT2D eigenvalue weighted by Crippen LogP contribution is -2.13. The molecule has 0 N–H and O–H groups in total. The van der Waals surface area contributed by atoms with E-state index in [-0.39, 0.29) is 0 Å². The Morgan fingerprint density at radius 3 is 2.71 bits per heavy atom. The second kappa shape index (κ2) is 5.44. The Hall–Kier alpha value is -1.37. The van der Waals surface area contributed by atoms with Gasteiger partial charge in [-0.3, -0.25) is 0 Å². The molecule has 21 heavy (non-hydrogen) atoms. The number of rotatable bonds is 1. The van der Waals surface area contributed by atoms with Crippen LogP contribution in [0.5, 0.6) is 5.75 Å². The molecule has 2 aromatic rings. The summed E-state index contributed by atoms with van der Waals surface area (Å²) in [6.45, 7) is -0.761. The number of para-hydroxylation sites is 1. The minimum Gasteiger partial charge on any atom is -0.457 e. The lowest BCUT2D eigenvalue weighted by atomic mass is 9.89. The Balaban J connectivity index is 1.89. The summed E-state index contributed by atoms with van der Waals surface area (Å²) in [7, 11) is 0. The Morgan fingerprint density at radius 1 is 1.00 bits per heavy atom. The van der Waals surface area contributed by atoms with Gasteiger partial charge in [0.15, 0.2) is 6.85 Å². The van der Waals surface area contributed by atoms with Crippen molar-refractivity contribution < 1.29 is 4.52 Å². The molecule has 3 heteroatoms. The highest BCUT2D eigenvalue weighted by Crippen LogP contribution is 2.55. The van der Waals surface area contributed by atoms with Gasteiger partial charge in [-0.2, -0.15) is 0 Å². The zero-order valence-electron chi connectivity index (χ0n) is 11.4. The first kappa shape index (κ1) is 13.3. The number of hydrogen-bond acceptors (Lipinski definition) is 1. The fourth-order valence-corrected chi connectivity index (χ4v) is 5.37. The summed E-state index contributed by atoms with van der Waals surface area (Å²) in [4.78, 5) is 0. The summed E-state index contributed by atoms with van der Waals surface area (Å²) in [6.07, 6.45) is 9.76. The molecule has 2 unspecified atom stereocenters. The van der Waals surface area contributed by atoms with Gasteiger partial charge in [0, 0.05) is 22.3 Å². The van der Waals surface area contributed by atoms with Gasteiger partial charge in [-0.15, -0.1) is 0 Å². The molecule has 104 valence electrons. The molecule has 0 aromatic heterocycles. The Labute approximate surface area is 133 Å². The van der Waals surface area contributed by atoms with Crippen molar-refractivity contribution in [3.8, 4) is 16.9 Å². The minimum absolute atomic E-state index is 0.408. The molecule has 1 aliphatic heterocycles. The highest BCUT2D eigenvalue weighted by Gasteiger charge is 2.28. The van der Waals surface area contributed by atoms with Gasteiger partial charge in [-0.05, 0) is 33.5 Å². The van der Waals surface area contributed by atoms with Gasteiger partial charge in [0.1, 0.15) is 5.75 Å². The molecule has 2 aromatic carbocycles. The third-order valence-corrected chi connectivity index (χ3v) is 6.67. The standard InChI is InChI=1S/C18H14BrOP/c19-21-17-12-5-4-9-15(17)16-11-6-10-14(18(16)20-21)13-7-2-1-3-8-13/h1-7,9-13H,8H2. The van der Waals surface area contributed by atoms with Gasteiger partial charge >= 0.3 is 0 Å². The predicted octanol–water partition coefficient (Wildman–Crippen LogP) is 5.68. The van der Waals surface area contributed by atoms with Gasteiger partial charge in [-0.1, -0.05) is 60.7 Å². The fraction of sp³-hybridized carbons (Fsp3) is 0.111. The molecular weight excluding hydrogens is 343 g/mol. The van der Waals surface area contributed by atoms with Gasteiger partial charge in [0.25, 0.3) is 0 Å². The second-order valence-electron chi connectivity index (χ2n) is 5.23. The molecule has 0 saturated heterocycles. The van der Waals surface area contributed by atoms with Crippen molar-refractivity contribution in [1.29, 1.82) is 0 Å². The Kier molecular flexibility index (Phi) is 3.45. The predicted molar refractivity (Wildman–Crippen MR) is 93.6 cm³/mol. The number of allylic oxidation sites excluding steroid dienone is 4. The molecule has 0 radical (unpaired) electrons. The molecule has 1 heterocycles. The summed E-state index contributed by atoms with van der Waals surface area (Å²) in [6, 6.07) is 15.0. The second-order valence-corrected chi connectivity index (χ2v) is 8.32. The van der Waals surface area contributed by atoms with Crippen LogP contribution in [-0.4, -0.2) is 0 Å². The normalized spacial score (nSPS) is 22.3. The summed E-state index contributed by atoms with van der Waals surface area (Å²) in [5.41, 5.74) is 3.79. The van der Waals surface area contributed by atoms with Crippen LogP contribution >= 0.6 is 22.3 Å². The molecule has 0 bridgehead atoms. The molecule has 0 saturated carbocycles. The van der Waals surface area contributed by atoms with E-state index < -0.39 is 6.85 Å². The van der Waals surface area contributed by atoms with Crippen molar-refractivity contribution in [3.05, 3.63) is 72.3 Å². The van der Waals surface area contributed by atoms with Gasteiger partial charge in [0.2, 0.25) is 0 Å². The van der Waals surface area contributed by atoms with Crippen LogP contribution in [0.4, 0.5) is 0 Å². The van der Waals surface area contributed by atoms with Crippen LogP contribution in [-0.2, 0) is 0 Å². The smallest absolute Gasteiger partial charge is 0.189 e. The van der Waals surface area contributed by atoms with E-state index in [4.69, 9.17) is 4.52 Å². The van der Waals surface area contributed by atoms with Crippen LogP contribution in [0.2, 0.25) is 0 Å². The number of benzene rings is 2. The first-order valence-electron chi connectivity index (χ1n) is 7.04. The third-order valence-electron chi connectivity index (χ3n) is 3.98. The van der Waals surface area contributed by atoms with Crippen LogP contribution in [0.3, 0.4) is 0 Å². The van der Waals surface area contributed by atoms with E-state index in [2.05, 4.69) is 82.3 Å². The average Bonchev–Trinajstić information content (AvgIpc) is 2.56. The van der Waals surface area contributed by atoms with E-state index in [1.165, 1.54) is 22.0 Å². The lowest BCUT2D eigenvalue weighted by molar-refractivity contribution is 0.615. The summed E-state index contributed by atoms with van der Waals surface area (Å²) < 4.78 is 6.27. The lowest BCUT2D eigenvalue weighted by Gasteiger charge is -2.28. The van der Waals surface area contributed by atoms with Gasteiger partial charge in [-0.25, -0.2) is 0 Å². The molecule has 0 spiro atoms. The van der Waals surface area contributed by atoms with Crippen LogP contribution < -0.4 is 9.83 Å². The summed E-state index contributed by atoms with van der Waals surface area (Å²) in [5, 5.41) is 1.26. The van der Waals surface area contributed by atoms with Crippen molar-refractivity contribution >= 4 is 27.6 Å². The van der Waals surface area contributed by atoms with E-state index >= 15 is 0 Å².